The molecule has 0 fully saturated rings. The summed E-state index contributed by atoms with van der Waals surface area (Å²) in [6.45, 7) is 7.38. The number of ether oxygens (including phenoxy) is 2. The third-order valence-corrected chi connectivity index (χ3v) is 4.53. The third kappa shape index (κ3) is 7.08. The average Bonchev–Trinajstić information content (AvgIpc) is 3.13. The molecule has 1 unspecified atom stereocenters. The summed E-state index contributed by atoms with van der Waals surface area (Å²) in [6.07, 6.45) is 4.66. The number of methoxy groups -OCH3 is 1. The van der Waals surface area contributed by atoms with E-state index >= 15 is 0 Å². The summed E-state index contributed by atoms with van der Waals surface area (Å²) >= 11 is 0. The lowest BCUT2D eigenvalue weighted by Crippen LogP contribution is -2.47. The van der Waals surface area contributed by atoms with Crippen molar-refractivity contribution in [2.45, 2.75) is 58.8 Å². The van der Waals surface area contributed by atoms with Crippen LogP contribution in [-0.4, -0.2) is 52.0 Å². The van der Waals surface area contributed by atoms with E-state index in [1.54, 1.807) is 7.11 Å². The lowest BCUT2D eigenvalue weighted by Gasteiger charge is -2.25. The standard InChI is InChI=1S/C20H31N7O2.HI/c1-4-10-29-19-9-6-15(11-22-19)12-23-20(21-5-2)24-16-7-8-18-25-17(14-28-3)26-27(18)13-16;/h6,9,11,16H,4-5,7-8,10,12-14H2,1-3H3,(H2,21,23,24);1H. The SMILES string of the molecule is CCCOc1ccc(CN=C(NCC)NC2CCc3nc(COC)nn3C2)cn1.I. The van der Waals surface area contributed by atoms with Crippen LogP contribution in [0, 0.1) is 0 Å². The Morgan fingerprint density at radius 3 is 2.90 bits per heavy atom. The van der Waals surface area contributed by atoms with Crippen molar-refractivity contribution in [3.05, 3.63) is 35.5 Å². The molecule has 2 N–H and O–H groups in total. The molecule has 0 saturated carbocycles. The van der Waals surface area contributed by atoms with Crippen molar-refractivity contribution in [2.24, 2.45) is 4.99 Å². The first kappa shape index (κ1) is 24.3. The van der Waals surface area contributed by atoms with Crippen LogP contribution in [0.2, 0.25) is 0 Å². The van der Waals surface area contributed by atoms with Crippen LogP contribution in [0.5, 0.6) is 5.88 Å². The Bertz CT molecular complexity index is 795. The van der Waals surface area contributed by atoms with Gasteiger partial charge in [-0.2, -0.15) is 5.10 Å². The number of nitrogens with zero attached hydrogens (tertiary/aromatic N) is 5. The fraction of sp³-hybridized carbons (Fsp3) is 0.600. The summed E-state index contributed by atoms with van der Waals surface area (Å²) in [5, 5.41) is 11.4. The summed E-state index contributed by atoms with van der Waals surface area (Å²) in [5.74, 6) is 3.21. The summed E-state index contributed by atoms with van der Waals surface area (Å²) < 4.78 is 12.6. The highest BCUT2D eigenvalue weighted by molar-refractivity contribution is 14.0. The second-order valence-electron chi connectivity index (χ2n) is 6.99. The molecule has 0 radical (unpaired) electrons. The van der Waals surface area contributed by atoms with Gasteiger partial charge in [0.25, 0.3) is 0 Å². The lowest BCUT2D eigenvalue weighted by atomic mass is 10.1. The highest BCUT2D eigenvalue weighted by Crippen LogP contribution is 2.14. The molecule has 30 heavy (non-hydrogen) atoms. The van der Waals surface area contributed by atoms with Crippen molar-refractivity contribution < 1.29 is 9.47 Å². The average molecular weight is 529 g/mol. The highest BCUT2D eigenvalue weighted by Gasteiger charge is 2.22. The molecule has 0 bridgehead atoms. The maximum Gasteiger partial charge on any atom is 0.213 e. The van der Waals surface area contributed by atoms with Crippen LogP contribution in [0.4, 0.5) is 0 Å². The molecule has 10 heteroatoms. The van der Waals surface area contributed by atoms with Crippen molar-refractivity contribution in [2.75, 3.05) is 20.3 Å². The minimum absolute atomic E-state index is 0. The molecule has 0 aromatic carbocycles. The van der Waals surface area contributed by atoms with Gasteiger partial charge in [0.05, 0.1) is 19.7 Å². The van der Waals surface area contributed by atoms with Crippen molar-refractivity contribution >= 4 is 29.9 Å². The first-order valence-corrected chi connectivity index (χ1v) is 10.3. The lowest BCUT2D eigenvalue weighted by molar-refractivity contribution is 0.177. The van der Waals surface area contributed by atoms with E-state index in [0.717, 1.165) is 55.5 Å². The number of aliphatic imine (C=N–C) groups is 1. The van der Waals surface area contributed by atoms with Gasteiger partial charge >= 0.3 is 0 Å². The number of rotatable bonds is 9. The molecular weight excluding hydrogens is 497 g/mol. The molecule has 166 valence electrons. The van der Waals surface area contributed by atoms with Gasteiger partial charge in [-0.3, -0.25) is 0 Å². The number of pyridine rings is 1. The molecule has 2 aromatic rings. The van der Waals surface area contributed by atoms with Crippen LogP contribution >= 0.6 is 24.0 Å². The number of hydrogen-bond acceptors (Lipinski definition) is 6. The van der Waals surface area contributed by atoms with Crippen LogP contribution in [0.3, 0.4) is 0 Å². The monoisotopic (exact) mass is 529 g/mol. The number of aryl methyl sites for hydroxylation is 1. The highest BCUT2D eigenvalue weighted by atomic mass is 127. The zero-order chi connectivity index (χ0) is 20.5. The number of guanidine groups is 1. The van der Waals surface area contributed by atoms with Crippen LogP contribution in [0.25, 0.3) is 0 Å². The third-order valence-electron chi connectivity index (χ3n) is 4.53. The number of halogens is 1. The Labute approximate surface area is 195 Å². The Kier molecular flexibility index (Phi) is 10.3. The molecule has 0 amide bonds. The molecule has 1 atom stereocenters. The molecule has 0 aliphatic carbocycles. The normalized spacial score (nSPS) is 15.8. The van der Waals surface area contributed by atoms with Gasteiger partial charge in [-0.15, -0.1) is 24.0 Å². The van der Waals surface area contributed by atoms with Crippen molar-refractivity contribution in [1.82, 2.24) is 30.4 Å². The molecule has 0 saturated heterocycles. The number of hydrogen-bond donors (Lipinski definition) is 2. The Morgan fingerprint density at radius 1 is 1.33 bits per heavy atom. The van der Waals surface area contributed by atoms with Gasteiger partial charge in [-0.25, -0.2) is 19.6 Å². The van der Waals surface area contributed by atoms with E-state index < -0.39 is 0 Å². The number of nitrogens with one attached hydrogen (secondary N) is 2. The largest absolute Gasteiger partial charge is 0.478 e. The van der Waals surface area contributed by atoms with Gasteiger partial charge in [0.15, 0.2) is 11.8 Å². The predicted molar refractivity (Wildman–Crippen MR) is 126 cm³/mol. The van der Waals surface area contributed by atoms with Crippen molar-refractivity contribution in [1.29, 1.82) is 0 Å². The Balaban J connectivity index is 0.00000320. The van der Waals surface area contributed by atoms with E-state index in [9.17, 15) is 0 Å². The van der Waals surface area contributed by atoms with E-state index in [4.69, 9.17) is 14.5 Å². The van der Waals surface area contributed by atoms with E-state index in [2.05, 4.69) is 39.5 Å². The summed E-state index contributed by atoms with van der Waals surface area (Å²) in [6, 6.07) is 4.15. The maximum absolute atomic E-state index is 5.53. The van der Waals surface area contributed by atoms with E-state index in [-0.39, 0.29) is 30.0 Å². The zero-order valence-corrected chi connectivity index (χ0v) is 20.3. The molecule has 1 aliphatic rings. The number of aromatic nitrogens is 4. The minimum Gasteiger partial charge on any atom is -0.478 e. The summed E-state index contributed by atoms with van der Waals surface area (Å²) in [5.41, 5.74) is 1.04. The molecule has 1 aliphatic heterocycles. The van der Waals surface area contributed by atoms with E-state index in [1.807, 2.05) is 23.0 Å². The maximum atomic E-state index is 5.53. The first-order chi connectivity index (χ1) is 14.2. The van der Waals surface area contributed by atoms with Gasteiger partial charge < -0.3 is 20.1 Å². The Hall–Kier alpha value is -1.95. The van der Waals surface area contributed by atoms with Gasteiger partial charge in [-0.1, -0.05) is 13.0 Å². The molecule has 3 heterocycles. The van der Waals surface area contributed by atoms with Crippen LogP contribution in [0.15, 0.2) is 23.3 Å². The molecular formula is C20H32IN7O2. The molecule has 0 spiro atoms. The quantitative estimate of drug-likeness (QED) is 0.292. The molecule has 3 rings (SSSR count). The van der Waals surface area contributed by atoms with Crippen LogP contribution < -0.4 is 15.4 Å². The van der Waals surface area contributed by atoms with Gasteiger partial charge in [0.1, 0.15) is 12.4 Å². The smallest absolute Gasteiger partial charge is 0.213 e. The second kappa shape index (κ2) is 12.7. The van der Waals surface area contributed by atoms with Gasteiger partial charge in [0, 0.05) is 38.4 Å². The number of fused-ring (bicyclic) bond motifs is 1. The fourth-order valence-corrected chi connectivity index (χ4v) is 3.15. The van der Waals surface area contributed by atoms with Crippen molar-refractivity contribution in [3.8, 4) is 5.88 Å². The second-order valence-corrected chi connectivity index (χ2v) is 6.99. The van der Waals surface area contributed by atoms with Crippen molar-refractivity contribution in [3.63, 3.8) is 0 Å². The molecule has 2 aromatic heterocycles. The van der Waals surface area contributed by atoms with Crippen LogP contribution in [-0.2, 0) is 30.9 Å². The van der Waals surface area contributed by atoms with Gasteiger partial charge in [-0.05, 0) is 25.3 Å². The Morgan fingerprint density at radius 2 is 2.20 bits per heavy atom. The van der Waals surface area contributed by atoms with Gasteiger partial charge in [0.2, 0.25) is 5.88 Å². The van der Waals surface area contributed by atoms with E-state index in [1.165, 1.54) is 0 Å². The van der Waals surface area contributed by atoms with E-state index in [0.29, 0.717) is 25.6 Å². The minimum atomic E-state index is 0. The summed E-state index contributed by atoms with van der Waals surface area (Å²) in [7, 11) is 1.66. The van der Waals surface area contributed by atoms with Crippen LogP contribution in [0.1, 0.15) is 43.9 Å². The predicted octanol–water partition coefficient (Wildman–Crippen LogP) is 2.30. The first-order valence-electron chi connectivity index (χ1n) is 10.3. The fourth-order valence-electron chi connectivity index (χ4n) is 3.15. The molecule has 9 nitrogen and oxygen atoms in total. The summed E-state index contributed by atoms with van der Waals surface area (Å²) in [4.78, 5) is 13.6. The zero-order valence-electron chi connectivity index (χ0n) is 17.9. The topological polar surface area (TPSA) is 98.5 Å².